The Labute approximate surface area is 118 Å². The Morgan fingerprint density at radius 2 is 1.85 bits per heavy atom. The molecular formula is C17H15NO2. The van der Waals surface area contributed by atoms with E-state index in [-0.39, 0.29) is 11.3 Å². The molecule has 3 nitrogen and oxygen atoms in total. The zero-order chi connectivity index (χ0) is 14.5. The molecule has 0 atom stereocenters. The first-order chi connectivity index (χ1) is 9.71. The molecule has 20 heavy (non-hydrogen) atoms. The van der Waals surface area contributed by atoms with Crippen LogP contribution in [-0.4, -0.2) is 12.2 Å². The molecule has 2 aromatic carbocycles. The molecule has 0 aliphatic carbocycles. The molecule has 100 valence electrons. The number of hydrogen-bond donors (Lipinski definition) is 1. The van der Waals surface area contributed by atoms with Crippen LogP contribution in [0.2, 0.25) is 0 Å². The first kappa shape index (κ1) is 13.7. The first-order valence-electron chi connectivity index (χ1n) is 6.24. The predicted molar refractivity (Wildman–Crippen MR) is 79.5 cm³/mol. The monoisotopic (exact) mass is 265 g/mol. The molecule has 1 N–H and O–H groups in total. The third-order valence-corrected chi connectivity index (χ3v) is 3.07. The van der Waals surface area contributed by atoms with Crippen molar-refractivity contribution < 1.29 is 9.84 Å². The fourth-order valence-corrected chi connectivity index (χ4v) is 2.05. The van der Waals surface area contributed by atoms with Crippen LogP contribution in [0.25, 0.3) is 17.2 Å². The maximum Gasteiger partial charge on any atom is 0.141 e. The van der Waals surface area contributed by atoms with Gasteiger partial charge < -0.3 is 9.84 Å². The number of ether oxygens (including phenoxy) is 1. The number of rotatable bonds is 3. The third-order valence-electron chi connectivity index (χ3n) is 3.07. The van der Waals surface area contributed by atoms with E-state index in [0.717, 1.165) is 11.3 Å². The SMILES string of the molecule is C/C=C/c1ccc(-c2ccc(OC)cc2)c(C#N)c1O. The Morgan fingerprint density at radius 3 is 2.40 bits per heavy atom. The van der Waals surface area contributed by atoms with Crippen molar-refractivity contribution in [1.29, 1.82) is 5.26 Å². The van der Waals surface area contributed by atoms with Crippen molar-refractivity contribution in [3.63, 3.8) is 0 Å². The van der Waals surface area contributed by atoms with Gasteiger partial charge in [0.15, 0.2) is 0 Å². The summed E-state index contributed by atoms with van der Waals surface area (Å²) in [4.78, 5) is 0. The highest BCUT2D eigenvalue weighted by molar-refractivity contribution is 5.77. The van der Waals surface area contributed by atoms with E-state index >= 15 is 0 Å². The van der Waals surface area contributed by atoms with Crippen LogP contribution in [0.5, 0.6) is 11.5 Å². The molecule has 0 aromatic heterocycles. The minimum atomic E-state index is 0.0129. The molecule has 0 saturated heterocycles. The Hall–Kier alpha value is -2.73. The second-order valence-electron chi connectivity index (χ2n) is 4.27. The van der Waals surface area contributed by atoms with Crippen molar-refractivity contribution in [3.05, 3.63) is 53.6 Å². The van der Waals surface area contributed by atoms with Crippen molar-refractivity contribution in [2.24, 2.45) is 0 Å². The summed E-state index contributed by atoms with van der Waals surface area (Å²) in [7, 11) is 1.60. The third kappa shape index (κ3) is 2.50. The van der Waals surface area contributed by atoms with Gasteiger partial charge in [0.05, 0.1) is 7.11 Å². The maximum atomic E-state index is 10.2. The van der Waals surface area contributed by atoms with Gasteiger partial charge in [0.1, 0.15) is 23.1 Å². The minimum absolute atomic E-state index is 0.0129. The molecule has 0 aliphatic heterocycles. The Bertz CT molecular complexity index is 679. The van der Waals surface area contributed by atoms with Gasteiger partial charge in [0, 0.05) is 11.1 Å². The van der Waals surface area contributed by atoms with E-state index in [1.165, 1.54) is 0 Å². The highest BCUT2D eigenvalue weighted by atomic mass is 16.5. The van der Waals surface area contributed by atoms with Gasteiger partial charge in [-0.2, -0.15) is 5.26 Å². The van der Waals surface area contributed by atoms with E-state index in [4.69, 9.17) is 4.74 Å². The van der Waals surface area contributed by atoms with Crippen molar-refractivity contribution in [2.45, 2.75) is 6.92 Å². The lowest BCUT2D eigenvalue weighted by atomic mass is 9.96. The van der Waals surface area contributed by atoms with Crippen LogP contribution in [0.4, 0.5) is 0 Å². The number of phenols is 1. The minimum Gasteiger partial charge on any atom is -0.506 e. The molecule has 0 spiro atoms. The molecule has 0 radical (unpaired) electrons. The molecule has 0 aliphatic rings. The lowest BCUT2D eigenvalue weighted by molar-refractivity contribution is 0.415. The van der Waals surface area contributed by atoms with Gasteiger partial charge in [-0.1, -0.05) is 36.4 Å². The molecule has 0 heterocycles. The van der Waals surface area contributed by atoms with Crippen LogP contribution in [0.1, 0.15) is 18.1 Å². The summed E-state index contributed by atoms with van der Waals surface area (Å²) in [6.07, 6.45) is 3.59. The number of nitrogens with zero attached hydrogens (tertiary/aromatic N) is 1. The number of methoxy groups -OCH3 is 1. The average molecular weight is 265 g/mol. The van der Waals surface area contributed by atoms with Gasteiger partial charge in [-0.15, -0.1) is 0 Å². The number of aromatic hydroxyl groups is 1. The molecule has 0 saturated carbocycles. The first-order valence-corrected chi connectivity index (χ1v) is 6.24. The second kappa shape index (κ2) is 5.94. The van der Waals surface area contributed by atoms with Crippen molar-refractivity contribution in [2.75, 3.05) is 7.11 Å². The largest absolute Gasteiger partial charge is 0.506 e. The lowest BCUT2D eigenvalue weighted by Crippen LogP contribution is -1.89. The molecule has 0 amide bonds. The van der Waals surface area contributed by atoms with Crippen LogP contribution < -0.4 is 4.74 Å². The Kier molecular flexibility index (Phi) is 4.07. The Morgan fingerprint density at radius 1 is 1.15 bits per heavy atom. The number of allylic oxidation sites excluding steroid dienone is 1. The van der Waals surface area contributed by atoms with E-state index < -0.39 is 0 Å². The van der Waals surface area contributed by atoms with E-state index in [1.807, 2.05) is 43.3 Å². The summed E-state index contributed by atoms with van der Waals surface area (Å²) in [5, 5.41) is 19.5. The second-order valence-corrected chi connectivity index (χ2v) is 4.27. The number of hydrogen-bond acceptors (Lipinski definition) is 3. The predicted octanol–water partition coefficient (Wildman–Crippen LogP) is 3.97. The molecule has 0 unspecified atom stereocenters. The van der Waals surface area contributed by atoms with Crippen molar-refractivity contribution in [1.82, 2.24) is 0 Å². The van der Waals surface area contributed by atoms with Crippen molar-refractivity contribution >= 4 is 6.08 Å². The molecule has 0 fully saturated rings. The summed E-state index contributed by atoms with van der Waals surface area (Å²) in [6, 6.07) is 13.1. The molecule has 2 rings (SSSR count). The van der Waals surface area contributed by atoms with E-state index in [9.17, 15) is 10.4 Å². The standard InChI is InChI=1S/C17H15NO2/c1-3-4-13-7-10-15(16(11-18)17(13)19)12-5-8-14(20-2)9-6-12/h3-10,19H,1-2H3/b4-3+. The summed E-state index contributed by atoms with van der Waals surface area (Å²) in [6.45, 7) is 1.86. The molecule has 0 bridgehead atoms. The van der Waals surface area contributed by atoms with Gasteiger partial charge in [-0.3, -0.25) is 0 Å². The Balaban J connectivity index is 2.56. The van der Waals surface area contributed by atoms with Crippen molar-refractivity contribution in [3.8, 4) is 28.7 Å². The lowest BCUT2D eigenvalue weighted by Gasteiger charge is -2.09. The van der Waals surface area contributed by atoms with Gasteiger partial charge in [-0.25, -0.2) is 0 Å². The number of nitriles is 1. The fraction of sp³-hybridized carbons (Fsp3) is 0.118. The molecular weight excluding hydrogens is 250 g/mol. The summed E-state index contributed by atoms with van der Waals surface area (Å²) < 4.78 is 5.11. The summed E-state index contributed by atoms with van der Waals surface area (Å²) in [5.74, 6) is 0.765. The van der Waals surface area contributed by atoms with Crippen LogP contribution in [0.3, 0.4) is 0 Å². The molecule has 2 aromatic rings. The summed E-state index contributed by atoms with van der Waals surface area (Å²) >= 11 is 0. The zero-order valence-electron chi connectivity index (χ0n) is 11.4. The fourth-order valence-electron chi connectivity index (χ4n) is 2.05. The van der Waals surface area contributed by atoms with E-state index in [1.54, 1.807) is 19.3 Å². The van der Waals surface area contributed by atoms with E-state index in [0.29, 0.717) is 11.1 Å². The number of phenolic OH excluding ortho intramolecular Hbond substituents is 1. The van der Waals surface area contributed by atoms with Crippen LogP contribution in [0, 0.1) is 11.3 Å². The zero-order valence-corrected chi connectivity index (χ0v) is 11.4. The van der Waals surface area contributed by atoms with Crippen LogP contribution >= 0.6 is 0 Å². The van der Waals surface area contributed by atoms with E-state index in [2.05, 4.69) is 6.07 Å². The van der Waals surface area contributed by atoms with Gasteiger partial charge in [0.25, 0.3) is 0 Å². The smallest absolute Gasteiger partial charge is 0.141 e. The maximum absolute atomic E-state index is 10.2. The highest BCUT2D eigenvalue weighted by Gasteiger charge is 2.12. The van der Waals surface area contributed by atoms with Gasteiger partial charge in [0.2, 0.25) is 0 Å². The van der Waals surface area contributed by atoms with Gasteiger partial charge >= 0.3 is 0 Å². The van der Waals surface area contributed by atoms with Gasteiger partial charge in [-0.05, 0) is 24.6 Å². The summed E-state index contributed by atoms with van der Waals surface area (Å²) in [5.41, 5.74) is 2.50. The highest BCUT2D eigenvalue weighted by Crippen LogP contribution is 2.33. The molecule has 3 heteroatoms. The quantitative estimate of drug-likeness (QED) is 0.913. The normalized spacial score (nSPS) is 10.4. The average Bonchev–Trinajstić information content (AvgIpc) is 2.49. The van der Waals surface area contributed by atoms with Crippen LogP contribution in [0.15, 0.2) is 42.5 Å². The topological polar surface area (TPSA) is 53.2 Å². The number of benzene rings is 2. The van der Waals surface area contributed by atoms with Crippen LogP contribution in [-0.2, 0) is 0 Å².